The average molecular weight is 437 g/mol. The highest BCUT2D eigenvalue weighted by Crippen LogP contribution is 2.25. The highest BCUT2D eigenvalue weighted by atomic mass is 79.9. The van der Waals surface area contributed by atoms with Crippen LogP contribution < -0.4 is 9.46 Å². The van der Waals surface area contributed by atoms with Crippen LogP contribution in [0.25, 0.3) is 0 Å². The maximum absolute atomic E-state index is 12.5. The van der Waals surface area contributed by atoms with Crippen molar-refractivity contribution in [3.8, 4) is 11.9 Å². The molecule has 0 spiro atoms. The smallest absolute Gasteiger partial charge is 0.251 e. The Balaban J connectivity index is 1.57. The maximum Gasteiger partial charge on any atom is 0.251 e. The molecule has 7 nitrogen and oxygen atoms in total. The van der Waals surface area contributed by atoms with Gasteiger partial charge in [-0.3, -0.25) is 0 Å². The molecule has 2 aromatic rings. The molecule has 0 atom stereocenters. The topological polar surface area (TPSA) is 105 Å². The molecule has 0 aliphatic heterocycles. The number of nitrogens with one attached hydrogen (secondary N) is 1. The molecule has 1 aromatic heterocycles. The third-order valence-corrected chi connectivity index (χ3v) is 6.23. The van der Waals surface area contributed by atoms with Crippen molar-refractivity contribution in [2.75, 3.05) is 0 Å². The van der Waals surface area contributed by atoms with Crippen LogP contribution in [0.4, 0.5) is 0 Å². The Labute approximate surface area is 160 Å². The number of aromatic nitrogens is 2. The quantitative estimate of drug-likeness (QED) is 0.772. The van der Waals surface area contributed by atoms with E-state index in [4.69, 9.17) is 10.00 Å². The predicted octanol–water partition coefficient (Wildman–Crippen LogP) is 2.78. The second kappa shape index (κ2) is 8.12. The highest BCUT2D eigenvalue weighted by Gasteiger charge is 2.27. The molecule has 0 saturated heterocycles. The Morgan fingerprint density at radius 2 is 1.77 bits per heavy atom. The zero-order valence-corrected chi connectivity index (χ0v) is 16.2. The van der Waals surface area contributed by atoms with E-state index in [1.54, 1.807) is 24.3 Å². The molecule has 0 unspecified atom stereocenters. The molecule has 1 aliphatic rings. The van der Waals surface area contributed by atoms with Crippen molar-refractivity contribution >= 4 is 26.0 Å². The lowest BCUT2D eigenvalue weighted by Crippen LogP contribution is -2.39. The number of halogens is 1. The standard InChI is InChI=1S/C17H17BrN4O3S/c18-12-1-7-15(8-2-12)26(23,24)22-13-3-5-14(6-4-13)25-17-16(11-19)20-9-10-21-17/h1-2,7-10,13-14,22H,3-6H2. The Kier molecular flexibility index (Phi) is 5.86. The van der Waals surface area contributed by atoms with Crippen LogP contribution in [-0.4, -0.2) is 30.5 Å². The molecule has 1 N–H and O–H groups in total. The van der Waals surface area contributed by atoms with Crippen LogP contribution in [0.1, 0.15) is 31.4 Å². The van der Waals surface area contributed by atoms with E-state index < -0.39 is 10.0 Å². The van der Waals surface area contributed by atoms with Gasteiger partial charge in [0.25, 0.3) is 5.88 Å². The van der Waals surface area contributed by atoms with Crippen LogP contribution in [0.5, 0.6) is 5.88 Å². The first-order valence-electron chi connectivity index (χ1n) is 8.13. The second-order valence-corrected chi connectivity index (χ2v) is 8.62. The molecule has 1 fully saturated rings. The number of benzene rings is 1. The number of hydrogen-bond donors (Lipinski definition) is 1. The molecule has 136 valence electrons. The van der Waals surface area contributed by atoms with E-state index >= 15 is 0 Å². The summed E-state index contributed by atoms with van der Waals surface area (Å²) < 4.78 is 34.3. The van der Waals surface area contributed by atoms with Gasteiger partial charge in [0.15, 0.2) is 0 Å². The van der Waals surface area contributed by atoms with Gasteiger partial charge in [-0.2, -0.15) is 5.26 Å². The average Bonchev–Trinajstić information content (AvgIpc) is 2.64. The van der Waals surface area contributed by atoms with E-state index in [1.807, 2.05) is 6.07 Å². The SMILES string of the molecule is N#Cc1nccnc1OC1CCC(NS(=O)(=O)c2ccc(Br)cc2)CC1. The number of nitrogens with zero attached hydrogens (tertiary/aromatic N) is 3. The Bertz CT molecular complexity index is 904. The van der Waals surface area contributed by atoms with Crippen molar-refractivity contribution in [1.29, 1.82) is 5.26 Å². The molecular weight excluding hydrogens is 420 g/mol. The second-order valence-electron chi connectivity index (χ2n) is 5.99. The van der Waals surface area contributed by atoms with Crippen molar-refractivity contribution in [1.82, 2.24) is 14.7 Å². The van der Waals surface area contributed by atoms with Crippen molar-refractivity contribution in [3.05, 3.63) is 46.8 Å². The minimum atomic E-state index is -3.54. The van der Waals surface area contributed by atoms with Crippen LogP contribution >= 0.6 is 15.9 Å². The summed E-state index contributed by atoms with van der Waals surface area (Å²) in [5, 5.41) is 9.03. The Hall–Kier alpha value is -2.02. The van der Waals surface area contributed by atoms with Crippen molar-refractivity contribution in [2.45, 2.75) is 42.7 Å². The summed E-state index contributed by atoms with van der Waals surface area (Å²) in [6.45, 7) is 0. The number of ether oxygens (including phenoxy) is 1. The molecule has 1 aliphatic carbocycles. The van der Waals surface area contributed by atoms with E-state index in [2.05, 4.69) is 30.6 Å². The first-order chi connectivity index (χ1) is 12.5. The molecule has 0 radical (unpaired) electrons. The number of rotatable bonds is 5. The Morgan fingerprint density at radius 3 is 2.42 bits per heavy atom. The van der Waals surface area contributed by atoms with E-state index in [9.17, 15) is 8.42 Å². The maximum atomic E-state index is 12.5. The van der Waals surface area contributed by atoms with Crippen molar-refractivity contribution in [3.63, 3.8) is 0 Å². The van der Waals surface area contributed by atoms with E-state index in [1.165, 1.54) is 12.4 Å². The molecule has 3 rings (SSSR count). The minimum absolute atomic E-state index is 0.104. The summed E-state index contributed by atoms with van der Waals surface area (Å²) in [5.74, 6) is 0.230. The highest BCUT2D eigenvalue weighted by molar-refractivity contribution is 9.10. The van der Waals surface area contributed by atoms with Gasteiger partial charge >= 0.3 is 0 Å². The van der Waals surface area contributed by atoms with Crippen LogP contribution in [0, 0.1) is 11.3 Å². The molecular formula is C17H17BrN4O3S. The third-order valence-electron chi connectivity index (χ3n) is 4.17. The first kappa shape index (κ1) is 18.8. The molecule has 1 heterocycles. The molecule has 9 heteroatoms. The van der Waals surface area contributed by atoms with Gasteiger partial charge in [0.05, 0.1) is 4.90 Å². The van der Waals surface area contributed by atoms with Gasteiger partial charge in [0, 0.05) is 22.9 Å². The van der Waals surface area contributed by atoms with E-state index in [0.717, 1.165) is 4.47 Å². The van der Waals surface area contributed by atoms with Gasteiger partial charge in [0.2, 0.25) is 15.7 Å². The summed E-state index contributed by atoms with van der Waals surface area (Å²) >= 11 is 3.30. The summed E-state index contributed by atoms with van der Waals surface area (Å²) in [7, 11) is -3.54. The van der Waals surface area contributed by atoms with E-state index in [0.29, 0.717) is 25.7 Å². The summed E-state index contributed by atoms with van der Waals surface area (Å²) in [6, 6.07) is 8.35. The first-order valence-corrected chi connectivity index (χ1v) is 10.4. The van der Waals surface area contributed by atoms with Crippen LogP contribution in [-0.2, 0) is 10.0 Å². The van der Waals surface area contributed by atoms with Crippen molar-refractivity contribution in [2.24, 2.45) is 0 Å². The molecule has 1 saturated carbocycles. The summed E-state index contributed by atoms with van der Waals surface area (Å²) in [5.41, 5.74) is 0.158. The van der Waals surface area contributed by atoms with Crippen LogP contribution in [0.15, 0.2) is 46.0 Å². The summed E-state index contributed by atoms with van der Waals surface area (Å²) in [6.07, 6.45) is 5.48. The van der Waals surface area contributed by atoms with E-state index in [-0.39, 0.29) is 28.6 Å². The van der Waals surface area contributed by atoms with Gasteiger partial charge in [-0.25, -0.2) is 23.1 Å². The lowest BCUT2D eigenvalue weighted by atomic mass is 9.94. The van der Waals surface area contributed by atoms with Gasteiger partial charge in [-0.1, -0.05) is 15.9 Å². The summed E-state index contributed by atoms with van der Waals surface area (Å²) in [4.78, 5) is 8.22. The van der Waals surface area contributed by atoms with Crippen LogP contribution in [0.2, 0.25) is 0 Å². The molecule has 0 bridgehead atoms. The molecule has 0 amide bonds. The lowest BCUT2D eigenvalue weighted by Gasteiger charge is -2.29. The molecule has 1 aromatic carbocycles. The van der Waals surface area contributed by atoms with Gasteiger partial charge in [0.1, 0.15) is 12.2 Å². The van der Waals surface area contributed by atoms with Crippen molar-refractivity contribution < 1.29 is 13.2 Å². The zero-order valence-electron chi connectivity index (χ0n) is 13.8. The largest absolute Gasteiger partial charge is 0.472 e. The number of hydrogen-bond acceptors (Lipinski definition) is 6. The normalized spacial score (nSPS) is 20.3. The lowest BCUT2D eigenvalue weighted by molar-refractivity contribution is 0.137. The fourth-order valence-corrected chi connectivity index (χ4v) is 4.42. The predicted molar refractivity (Wildman–Crippen MR) is 97.9 cm³/mol. The zero-order chi connectivity index (χ0) is 18.6. The van der Waals surface area contributed by atoms with Gasteiger partial charge in [-0.05, 0) is 49.9 Å². The minimum Gasteiger partial charge on any atom is -0.472 e. The van der Waals surface area contributed by atoms with Gasteiger partial charge in [-0.15, -0.1) is 0 Å². The fraction of sp³-hybridized carbons (Fsp3) is 0.353. The van der Waals surface area contributed by atoms with Gasteiger partial charge < -0.3 is 4.74 Å². The Morgan fingerprint density at radius 1 is 1.12 bits per heavy atom. The number of sulfonamides is 1. The monoisotopic (exact) mass is 436 g/mol. The fourth-order valence-electron chi connectivity index (χ4n) is 2.85. The molecule has 26 heavy (non-hydrogen) atoms. The number of nitriles is 1. The van der Waals surface area contributed by atoms with Crippen LogP contribution in [0.3, 0.4) is 0 Å². The third kappa shape index (κ3) is 4.58.